The number of carbonyl (C=O) groups is 3. The van der Waals surface area contributed by atoms with Crippen LogP contribution in [0.25, 0.3) is 0 Å². The van der Waals surface area contributed by atoms with E-state index in [1.807, 2.05) is 50.9 Å². The Bertz CT molecular complexity index is 1950. The van der Waals surface area contributed by atoms with E-state index >= 15 is 0 Å². The zero-order valence-electron chi connectivity index (χ0n) is 41.2. The minimum Gasteiger partial charge on any atom is -0.510 e. The van der Waals surface area contributed by atoms with E-state index in [-0.39, 0.29) is 60.0 Å². The second-order valence-electron chi connectivity index (χ2n) is 18.6. The Kier molecular flexibility index (Phi) is 25.2. The van der Waals surface area contributed by atoms with Crippen LogP contribution in [0.2, 0.25) is 0 Å². The van der Waals surface area contributed by atoms with Gasteiger partial charge in [-0.05, 0) is 89.5 Å². The number of aliphatic hydroxyl groups excluding tert-OH is 5. The van der Waals surface area contributed by atoms with Gasteiger partial charge in [0.25, 0.3) is 5.91 Å². The summed E-state index contributed by atoms with van der Waals surface area (Å²) < 4.78 is 11.7. The first-order chi connectivity index (χ1) is 32.3. The first-order valence-corrected chi connectivity index (χ1v) is 24.2. The molecular formula is C53H80N4O11. The number of rotatable bonds is 26. The average Bonchev–Trinajstić information content (AvgIpc) is 3.89. The number of aliphatic hydroxyl groups is 5. The van der Waals surface area contributed by atoms with Crippen LogP contribution in [-0.2, 0) is 23.9 Å². The molecule has 2 aliphatic carbocycles. The number of aliphatic carboxylic acids is 1. The molecule has 12 unspecified atom stereocenters. The number of ether oxygens (including phenoxy) is 2. The van der Waals surface area contributed by atoms with Crippen molar-refractivity contribution in [3.63, 3.8) is 0 Å². The number of carbonyl (C=O) groups excluding carboxylic acids is 2. The van der Waals surface area contributed by atoms with Gasteiger partial charge in [-0.2, -0.15) is 0 Å². The van der Waals surface area contributed by atoms with Crippen LogP contribution in [-0.4, -0.2) is 122 Å². The minimum atomic E-state index is -1.83. The SMILES string of the molecule is C\C(=C/C=C/C=C/C=C/C=C/C(C)C(OC1OC(C(=O)O)C(O)C(O)C1O)/C(C)=C/C(C)CCC/C=C/C(C)C/C=C/CCCN(C)C(N)=NC1CCCC1C(C)O)C(=O)NC1=C(O)CCC1=O. The van der Waals surface area contributed by atoms with Gasteiger partial charge in [-0.25, -0.2) is 9.79 Å². The molecule has 2 fully saturated rings. The molecule has 9 N–H and O–H groups in total. The number of hydrogen-bond acceptors (Lipinski definition) is 11. The summed E-state index contributed by atoms with van der Waals surface area (Å²) in [7, 11) is 1.97. The number of guanidine groups is 1. The van der Waals surface area contributed by atoms with Crippen molar-refractivity contribution in [3.8, 4) is 0 Å². The first kappa shape index (κ1) is 57.4. The molecule has 0 aromatic rings. The monoisotopic (exact) mass is 949 g/mol. The largest absolute Gasteiger partial charge is 0.510 e. The van der Waals surface area contributed by atoms with Crippen LogP contribution >= 0.6 is 0 Å². The summed E-state index contributed by atoms with van der Waals surface area (Å²) in [6, 6.07) is 0.101. The van der Waals surface area contributed by atoms with Gasteiger partial charge in [0.2, 0.25) is 0 Å². The van der Waals surface area contributed by atoms with Crippen molar-refractivity contribution in [2.45, 2.75) is 161 Å². The Balaban J connectivity index is 1.51. The Morgan fingerprint density at radius 1 is 0.897 bits per heavy atom. The van der Waals surface area contributed by atoms with Crippen LogP contribution in [0.5, 0.6) is 0 Å². The molecule has 1 aliphatic heterocycles. The van der Waals surface area contributed by atoms with Gasteiger partial charge in [-0.1, -0.05) is 112 Å². The summed E-state index contributed by atoms with van der Waals surface area (Å²) in [6.45, 7) is 12.4. The molecule has 15 heteroatoms. The van der Waals surface area contributed by atoms with Crippen molar-refractivity contribution >= 4 is 23.6 Å². The van der Waals surface area contributed by atoms with E-state index in [4.69, 9.17) is 20.2 Å². The Morgan fingerprint density at radius 3 is 2.24 bits per heavy atom. The third kappa shape index (κ3) is 19.2. The third-order valence-corrected chi connectivity index (χ3v) is 12.6. The van der Waals surface area contributed by atoms with E-state index < -0.39 is 48.7 Å². The summed E-state index contributed by atoms with van der Waals surface area (Å²) in [6.07, 6.45) is 26.4. The van der Waals surface area contributed by atoms with Crippen molar-refractivity contribution in [2.24, 2.45) is 34.4 Å². The van der Waals surface area contributed by atoms with Gasteiger partial charge < -0.3 is 56.1 Å². The van der Waals surface area contributed by atoms with Crippen LogP contribution < -0.4 is 11.1 Å². The fourth-order valence-electron chi connectivity index (χ4n) is 8.43. The van der Waals surface area contributed by atoms with Gasteiger partial charge in [-0.3, -0.25) is 9.59 Å². The second kappa shape index (κ2) is 29.9. The second-order valence-corrected chi connectivity index (χ2v) is 18.6. The van der Waals surface area contributed by atoms with Crippen LogP contribution in [0.4, 0.5) is 0 Å². The zero-order valence-corrected chi connectivity index (χ0v) is 41.2. The lowest BCUT2D eigenvalue weighted by atomic mass is 9.92. The molecule has 0 radical (unpaired) electrons. The number of nitrogens with zero attached hydrogens (tertiary/aromatic N) is 2. The van der Waals surface area contributed by atoms with Crippen molar-refractivity contribution in [1.29, 1.82) is 0 Å². The molecule has 3 aliphatic rings. The minimum absolute atomic E-state index is 0.0438. The highest BCUT2D eigenvalue weighted by Crippen LogP contribution is 2.32. The van der Waals surface area contributed by atoms with Gasteiger partial charge in [0.1, 0.15) is 29.8 Å². The van der Waals surface area contributed by atoms with Crippen LogP contribution in [0.15, 0.2) is 113 Å². The Hall–Kier alpha value is -4.90. The maximum absolute atomic E-state index is 12.4. The lowest BCUT2D eigenvalue weighted by Crippen LogP contribution is -2.61. The number of carboxylic acid groups (broad SMARTS) is 1. The lowest BCUT2D eigenvalue weighted by molar-refractivity contribution is -0.303. The van der Waals surface area contributed by atoms with E-state index in [1.54, 1.807) is 43.4 Å². The average molecular weight is 949 g/mol. The number of aliphatic imine (C=N–C) groups is 1. The van der Waals surface area contributed by atoms with Gasteiger partial charge in [0.15, 0.2) is 24.1 Å². The fourth-order valence-corrected chi connectivity index (χ4v) is 8.43. The number of Topliss-reactive ketones (excluding diaryl/α,β-unsaturated/α-hetero) is 1. The number of nitrogens with two attached hydrogens (primary N) is 1. The van der Waals surface area contributed by atoms with Crippen LogP contribution in [0, 0.1) is 23.7 Å². The molecule has 378 valence electrons. The number of allylic oxidation sites excluding steroid dienone is 15. The summed E-state index contributed by atoms with van der Waals surface area (Å²) >= 11 is 0. The summed E-state index contributed by atoms with van der Waals surface area (Å²) in [4.78, 5) is 42.7. The van der Waals surface area contributed by atoms with Gasteiger partial charge in [-0.15, -0.1) is 0 Å². The van der Waals surface area contributed by atoms with Crippen molar-refractivity contribution < 1.29 is 54.5 Å². The number of carboxylic acids is 1. The Labute approximate surface area is 404 Å². The summed E-state index contributed by atoms with van der Waals surface area (Å²) in [5.41, 5.74) is 7.43. The highest BCUT2D eigenvalue weighted by Gasteiger charge is 2.48. The molecular weight excluding hydrogens is 869 g/mol. The smallest absolute Gasteiger partial charge is 0.335 e. The molecule has 1 saturated carbocycles. The predicted molar refractivity (Wildman–Crippen MR) is 266 cm³/mol. The first-order valence-electron chi connectivity index (χ1n) is 24.2. The van der Waals surface area contributed by atoms with Crippen molar-refractivity contribution in [3.05, 3.63) is 108 Å². The van der Waals surface area contributed by atoms with E-state index in [0.717, 1.165) is 69.9 Å². The third-order valence-electron chi connectivity index (χ3n) is 12.6. The highest BCUT2D eigenvalue weighted by atomic mass is 16.7. The van der Waals surface area contributed by atoms with Crippen LogP contribution in [0.1, 0.15) is 112 Å². The lowest BCUT2D eigenvalue weighted by Gasteiger charge is -2.40. The number of hydrogen-bond donors (Lipinski definition) is 8. The quantitative estimate of drug-likeness (QED) is 0.0111. The predicted octanol–water partition coefficient (Wildman–Crippen LogP) is 6.79. The Morgan fingerprint density at radius 2 is 1.57 bits per heavy atom. The number of amides is 1. The molecule has 68 heavy (non-hydrogen) atoms. The van der Waals surface area contributed by atoms with Crippen molar-refractivity contribution in [1.82, 2.24) is 10.2 Å². The molecule has 0 bridgehead atoms. The number of unbranched alkanes of at least 4 members (excludes halogenated alkanes) is 2. The maximum atomic E-state index is 12.4. The molecule has 3 rings (SSSR count). The molecule has 0 spiro atoms. The highest BCUT2D eigenvalue weighted by molar-refractivity contribution is 6.04. The molecule has 0 aromatic heterocycles. The zero-order chi connectivity index (χ0) is 50.3. The summed E-state index contributed by atoms with van der Waals surface area (Å²) in [5, 5.41) is 63.4. The van der Waals surface area contributed by atoms with Crippen molar-refractivity contribution in [2.75, 3.05) is 13.6 Å². The summed E-state index contributed by atoms with van der Waals surface area (Å²) in [5.74, 6) is -1.35. The fraction of sp³-hybridized carbons (Fsp3) is 0.585. The normalized spacial score (nSPS) is 26.9. The van der Waals surface area contributed by atoms with Gasteiger partial charge in [0.05, 0.1) is 18.2 Å². The van der Waals surface area contributed by atoms with Crippen LogP contribution in [0.3, 0.4) is 0 Å². The molecule has 1 amide bonds. The van der Waals surface area contributed by atoms with E-state index in [1.165, 1.54) is 0 Å². The van der Waals surface area contributed by atoms with Gasteiger partial charge >= 0.3 is 5.97 Å². The molecule has 12 atom stereocenters. The molecule has 0 aromatic carbocycles. The topological polar surface area (TPSA) is 245 Å². The maximum Gasteiger partial charge on any atom is 0.335 e. The van der Waals surface area contributed by atoms with E-state index in [0.29, 0.717) is 17.5 Å². The number of ketones is 1. The van der Waals surface area contributed by atoms with Gasteiger partial charge in [0, 0.05) is 43.8 Å². The molecule has 1 heterocycles. The van der Waals surface area contributed by atoms with E-state index in [9.17, 15) is 45.0 Å². The standard InChI is InChI=1S/C53H80N4O11/c1-34(23-16-13-14-21-32-57(7)53(54)55-41-29-22-28-40(41)39(6)58)24-17-15-18-25-35(2)33-38(5)48(67-52-47(63)45(61)46(62)49(68-52)51(65)66)36(3)26-19-11-9-8-10-12-20-27-37(4)50(64)56-44-42(59)30-31-43(44)60/h8-13,16-17,19-20,24,26-27,33-36,39-41,45-49,52,58-59,61-63H,14-15,18,21-23,25,28-32H2,1-7H3,(H2,54,55)(H,56,64)(H,65,66)/b10-8+,11-9+,16-13+,20-12+,24-17+,26-19+,37-27+,38-33+. The van der Waals surface area contributed by atoms with E-state index in [2.05, 4.69) is 49.5 Å². The molecule has 15 nitrogen and oxygen atoms in total. The molecule has 1 saturated heterocycles. The number of nitrogens with one attached hydrogen (secondary N) is 1.